The summed E-state index contributed by atoms with van der Waals surface area (Å²) in [5.74, 6) is -1.14. The van der Waals surface area contributed by atoms with Gasteiger partial charge in [0.1, 0.15) is 0 Å². The average Bonchev–Trinajstić information content (AvgIpc) is 2.49. The fraction of sp³-hybridized carbons (Fsp3) is 0.214. The molecule has 0 fully saturated rings. The third kappa shape index (κ3) is 2.91. The van der Waals surface area contributed by atoms with Crippen LogP contribution in [-0.4, -0.2) is 32.9 Å². The first-order valence-corrected chi connectivity index (χ1v) is 7.60. The number of benzene rings is 1. The molecule has 114 valence electrons. The summed E-state index contributed by atoms with van der Waals surface area (Å²) in [6.45, 7) is 2.42. The van der Waals surface area contributed by atoms with E-state index >= 15 is 0 Å². The number of carbonyl (C=O) groups is 2. The summed E-state index contributed by atoms with van der Waals surface area (Å²) in [7, 11) is 0. The van der Waals surface area contributed by atoms with E-state index in [1.54, 1.807) is 30.5 Å². The molecule has 0 aliphatic heterocycles. The molecule has 0 unspecified atom stereocenters. The van der Waals surface area contributed by atoms with E-state index in [2.05, 4.69) is 10.2 Å². The lowest BCUT2D eigenvalue weighted by Gasteiger charge is -2.21. The van der Waals surface area contributed by atoms with Crippen LogP contribution in [0.2, 0.25) is 0 Å². The van der Waals surface area contributed by atoms with Crippen LogP contribution in [-0.2, 0) is 9.59 Å². The normalized spacial score (nSPS) is 10.3. The number of hydrogen-bond donors (Lipinski definition) is 0. The lowest BCUT2D eigenvalue weighted by molar-refractivity contribution is -0.126. The molecule has 1 aromatic heterocycles. The maximum Gasteiger partial charge on any atom is 0.300 e. The Morgan fingerprint density at radius 3 is 2.18 bits per heavy atom. The van der Waals surface area contributed by atoms with Crippen molar-refractivity contribution in [3.63, 3.8) is 0 Å². The van der Waals surface area contributed by atoms with E-state index in [0.717, 1.165) is 21.4 Å². The minimum atomic E-state index is -0.573. The highest BCUT2D eigenvalue weighted by atomic mass is 32.2. The first-order chi connectivity index (χ1) is 10.5. The van der Waals surface area contributed by atoms with Gasteiger partial charge in [0.05, 0.1) is 0 Å². The van der Waals surface area contributed by atoms with Crippen molar-refractivity contribution in [2.45, 2.75) is 19.0 Å². The van der Waals surface area contributed by atoms with Gasteiger partial charge >= 0.3 is 5.56 Å². The zero-order chi connectivity index (χ0) is 16.3. The number of rotatable bonds is 3. The number of aromatic nitrogens is 3. The Morgan fingerprint density at radius 2 is 1.68 bits per heavy atom. The lowest BCUT2D eigenvalue weighted by Crippen LogP contribution is -2.50. The van der Waals surface area contributed by atoms with Gasteiger partial charge in [0.2, 0.25) is 17.0 Å². The summed E-state index contributed by atoms with van der Waals surface area (Å²) >= 11 is 1.12. The minimum absolute atomic E-state index is 0.0749. The van der Waals surface area contributed by atoms with E-state index in [-0.39, 0.29) is 10.9 Å². The summed E-state index contributed by atoms with van der Waals surface area (Å²) in [5.41, 5.74) is 0.0651. The maximum absolute atomic E-state index is 12.7. The topological polar surface area (TPSA) is 85.2 Å². The highest BCUT2D eigenvalue weighted by Crippen LogP contribution is 2.15. The van der Waals surface area contributed by atoms with E-state index in [1.165, 1.54) is 13.8 Å². The standard InChI is InChI=1S/C14H14N4O3S/c1-9(19)17(10(2)20)18-13(21)12(15-16-14(18)22-3)11-7-5-4-6-8-11/h4-8H,1-3H3. The summed E-state index contributed by atoms with van der Waals surface area (Å²) < 4.78 is 0.963. The Bertz CT molecular complexity index is 759. The second-order valence-electron chi connectivity index (χ2n) is 4.37. The van der Waals surface area contributed by atoms with Crippen LogP contribution < -0.4 is 10.6 Å². The third-order valence-corrected chi connectivity index (χ3v) is 3.46. The van der Waals surface area contributed by atoms with Crippen molar-refractivity contribution in [3.05, 3.63) is 40.7 Å². The molecule has 2 rings (SSSR count). The van der Waals surface area contributed by atoms with Crippen molar-refractivity contribution in [3.8, 4) is 11.3 Å². The third-order valence-electron chi connectivity index (χ3n) is 2.84. The molecule has 2 amide bonds. The molecule has 0 saturated carbocycles. The van der Waals surface area contributed by atoms with Crippen LogP contribution in [0.3, 0.4) is 0 Å². The molecule has 0 bridgehead atoms. The molecule has 0 spiro atoms. The van der Waals surface area contributed by atoms with E-state index in [0.29, 0.717) is 5.56 Å². The molecule has 7 nitrogen and oxygen atoms in total. The summed E-state index contributed by atoms with van der Waals surface area (Å²) in [4.78, 5) is 36.2. The minimum Gasteiger partial charge on any atom is -0.273 e. The van der Waals surface area contributed by atoms with Crippen molar-refractivity contribution in [2.75, 3.05) is 11.3 Å². The lowest BCUT2D eigenvalue weighted by atomic mass is 10.2. The monoisotopic (exact) mass is 318 g/mol. The number of imide groups is 1. The molecular formula is C14H14N4O3S. The summed E-state index contributed by atoms with van der Waals surface area (Å²) in [6, 6.07) is 8.75. The highest BCUT2D eigenvalue weighted by Gasteiger charge is 2.24. The average molecular weight is 318 g/mol. The van der Waals surface area contributed by atoms with Gasteiger partial charge in [0, 0.05) is 19.4 Å². The molecule has 0 aliphatic rings. The van der Waals surface area contributed by atoms with Crippen LogP contribution in [0.5, 0.6) is 0 Å². The zero-order valence-electron chi connectivity index (χ0n) is 12.3. The smallest absolute Gasteiger partial charge is 0.273 e. The first kappa shape index (κ1) is 15.9. The Hall–Kier alpha value is -2.48. The van der Waals surface area contributed by atoms with Gasteiger partial charge in [-0.05, 0) is 6.26 Å². The number of thioether (sulfide) groups is 1. The van der Waals surface area contributed by atoms with Gasteiger partial charge in [-0.25, -0.2) is 0 Å². The Morgan fingerprint density at radius 1 is 1.09 bits per heavy atom. The molecule has 0 aliphatic carbocycles. The van der Waals surface area contributed by atoms with E-state index in [9.17, 15) is 14.4 Å². The van der Waals surface area contributed by atoms with Gasteiger partial charge in [0.15, 0.2) is 5.69 Å². The van der Waals surface area contributed by atoms with Gasteiger partial charge in [-0.1, -0.05) is 42.1 Å². The first-order valence-electron chi connectivity index (χ1n) is 6.38. The molecule has 0 N–H and O–H groups in total. The largest absolute Gasteiger partial charge is 0.300 e. The van der Waals surface area contributed by atoms with Crippen LogP contribution in [0.1, 0.15) is 13.8 Å². The molecule has 1 heterocycles. The van der Waals surface area contributed by atoms with Crippen molar-refractivity contribution in [1.82, 2.24) is 14.9 Å². The molecule has 22 heavy (non-hydrogen) atoms. The van der Waals surface area contributed by atoms with Crippen molar-refractivity contribution in [1.29, 1.82) is 0 Å². The van der Waals surface area contributed by atoms with Gasteiger partial charge in [-0.2, -0.15) is 9.69 Å². The highest BCUT2D eigenvalue weighted by molar-refractivity contribution is 7.98. The van der Waals surface area contributed by atoms with Crippen molar-refractivity contribution >= 4 is 23.6 Å². The van der Waals surface area contributed by atoms with Crippen molar-refractivity contribution < 1.29 is 9.59 Å². The van der Waals surface area contributed by atoms with Gasteiger partial charge in [-0.15, -0.1) is 10.2 Å². The maximum atomic E-state index is 12.7. The Labute approximate surface area is 130 Å². The van der Waals surface area contributed by atoms with Crippen LogP contribution >= 0.6 is 11.8 Å². The van der Waals surface area contributed by atoms with Gasteiger partial charge < -0.3 is 0 Å². The van der Waals surface area contributed by atoms with Crippen LogP contribution in [0.15, 0.2) is 40.3 Å². The number of amides is 2. The zero-order valence-corrected chi connectivity index (χ0v) is 13.1. The van der Waals surface area contributed by atoms with E-state index in [1.807, 2.05) is 6.07 Å². The fourth-order valence-corrected chi connectivity index (χ4v) is 2.41. The predicted octanol–water partition coefficient (Wildman–Crippen LogP) is 1.06. The fourth-order valence-electron chi connectivity index (χ4n) is 1.95. The second-order valence-corrected chi connectivity index (χ2v) is 5.14. The molecule has 2 aromatic rings. The van der Waals surface area contributed by atoms with Crippen LogP contribution in [0.4, 0.5) is 0 Å². The van der Waals surface area contributed by atoms with Gasteiger partial charge in [0.25, 0.3) is 0 Å². The molecule has 0 saturated heterocycles. The summed E-state index contributed by atoms with van der Waals surface area (Å²) in [6.07, 6.45) is 1.68. The second kappa shape index (κ2) is 6.52. The predicted molar refractivity (Wildman–Crippen MR) is 83.1 cm³/mol. The number of nitrogens with zero attached hydrogens (tertiary/aromatic N) is 4. The molecule has 0 radical (unpaired) electrons. The van der Waals surface area contributed by atoms with Gasteiger partial charge in [-0.3, -0.25) is 14.4 Å². The van der Waals surface area contributed by atoms with Crippen molar-refractivity contribution in [2.24, 2.45) is 0 Å². The van der Waals surface area contributed by atoms with Crippen LogP contribution in [0, 0.1) is 0 Å². The van der Waals surface area contributed by atoms with E-state index in [4.69, 9.17) is 0 Å². The molecule has 8 heteroatoms. The molecular weight excluding hydrogens is 304 g/mol. The summed E-state index contributed by atoms with van der Waals surface area (Å²) in [5, 5.41) is 8.80. The quantitative estimate of drug-likeness (QED) is 0.787. The Kier molecular flexibility index (Phi) is 4.71. The molecule has 0 atom stereocenters. The number of hydrogen-bond acceptors (Lipinski definition) is 6. The molecule has 1 aromatic carbocycles. The number of carbonyl (C=O) groups excluding carboxylic acids is 2. The van der Waals surface area contributed by atoms with E-state index < -0.39 is 17.4 Å². The van der Waals surface area contributed by atoms with Crippen LogP contribution in [0.25, 0.3) is 11.3 Å². The Balaban J connectivity index is 2.74. The SMILES string of the molecule is CSc1nnc(-c2ccccc2)c(=O)n1N(C(C)=O)C(C)=O.